The van der Waals surface area contributed by atoms with E-state index in [-0.39, 0.29) is 10.6 Å². The first-order valence-corrected chi connectivity index (χ1v) is 10.00. The third-order valence-corrected chi connectivity index (χ3v) is 6.38. The molecule has 144 valence electrons. The summed E-state index contributed by atoms with van der Waals surface area (Å²) < 4.78 is 32.5. The molecule has 0 radical (unpaired) electrons. The smallest absolute Gasteiger partial charge is 0.312 e. The van der Waals surface area contributed by atoms with Gasteiger partial charge in [0.05, 0.1) is 9.82 Å². The zero-order valence-corrected chi connectivity index (χ0v) is 16.1. The highest BCUT2D eigenvalue weighted by molar-refractivity contribution is 7.89. The number of sulfonamides is 1. The molecule has 0 N–H and O–H groups in total. The SMILES string of the molecule is CN1CCN(S(=O)(=O)c2ccc(Oc3cccc(Cl)c3)c([N+](=O)[O-])c2)CC1. The van der Waals surface area contributed by atoms with Crippen molar-refractivity contribution in [2.75, 3.05) is 33.2 Å². The van der Waals surface area contributed by atoms with Crippen molar-refractivity contribution in [3.8, 4) is 11.5 Å². The average Bonchev–Trinajstić information content (AvgIpc) is 2.62. The molecule has 0 saturated carbocycles. The van der Waals surface area contributed by atoms with Crippen LogP contribution in [0.5, 0.6) is 11.5 Å². The Hall–Kier alpha value is -2.20. The number of nitrogens with zero attached hydrogens (tertiary/aromatic N) is 3. The van der Waals surface area contributed by atoms with Crippen LogP contribution >= 0.6 is 11.6 Å². The number of nitro benzene ring substituents is 1. The second-order valence-electron chi connectivity index (χ2n) is 6.15. The van der Waals surface area contributed by atoms with Crippen LogP contribution in [-0.2, 0) is 10.0 Å². The van der Waals surface area contributed by atoms with Crippen LogP contribution < -0.4 is 4.74 Å². The molecule has 1 fully saturated rings. The standard InChI is InChI=1S/C17H18ClN3O5S/c1-19-7-9-20(10-8-19)27(24,25)15-5-6-17(16(12-15)21(22)23)26-14-4-2-3-13(18)11-14/h2-6,11-12H,7-10H2,1H3. The largest absolute Gasteiger partial charge is 0.450 e. The first kappa shape index (κ1) is 19.6. The summed E-state index contributed by atoms with van der Waals surface area (Å²) in [7, 11) is -1.90. The molecule has 3 rings (SSSR count). The summed E-state index contributed by atoms with van der Waals surface area (Å²) in [5.41, 5.74) is -0.426. The Kier molecular flexibility index (Phi) is 5.66. The predicted molar refractivity (Wildman–Crippen MR) is 101 cm³/mol. The third kappa shape index (κ3) is 4.38. The van der Waals surface area contributed by atoms with E-state index in [1.165, 1.54) is 22.5 Å². The van der Waals surface area contributed by atoms with E-state index in [0.29, 0.717) is 37.0 Å². The molecule has 0 bridgehead atoms. The minimum atomic E-state index is -3.81. The van der Waals surface area contributed by atoms with Crippen molar-refractivity contribution in [1.29, 1.82) is 0 Å². The van der Waals surface area contributed by atoms with E-state index in [2.05, 4.69) is 0 Å². The lowest BCUT2D eigenvalue weighted by molar-refractivity contribution is -0.385. The van der Waals surface area contributed by atoms with Gasteiger partial charge in [-0.15, -0.1) is 0 Å². The Morgan fingerprint density at radius 1 is 1.11 bits per heavy atom. The molecule has 0 spiro atoms. The van der Waals surface area contributed by atoms with Crippen molar-refractivity contribution in [3.63, 3.8) is 0 Å². The molecule has 8 nitrogen and oxygen atoms in total. The minimum absolute atomic E-state index is 0.0559. The lowest BCUT2D eigenvalue weighted by atomic mass is 10.3. The van der Waals surface area contributed by atoms with E-state index in [1.807, 2.05) is 11.9 Å². The van der Waals surface area contributed by atoms with Gasteiger partial charge in [0.1, 0.15) is 5.75 Å². The first-order chi connectivity index (χ1) is 12.8. The zero-order chi connectivity index (χ0) is 19.6. The number of benzene rings is 2. The van der Waals surface area contributed by atoms with Crippen LogP contribution in [0, 0.1) is 10.1 Å². The van der Waals surface area contributed by atoms with E-state index < -0.39 is 20.6 Å². The Labute approximate surface area is 162 Å². The summed E-state index contributed by atoms with van der Waals surface area (Å²) in [4.78, 5) is 12.7. The van der Waals surface area contributed by atoms with Crippen molar-refractivity contribution in [3.05, 3.63) is 57.6 Å². The third-order valence-electron chi connectivity index (χ3n) is 4.25. The normalized spacial score (nSPS) is 16.2. The number of piperazine rings is 1. The van der Waals surface area contributed by atoms with Gasteiger partial charge in [0.2, 0.25) is 15.8 Å². The molecule has 27 heavy (non-hydrogen) atoms. The molecular formula is C17H18ClN3O5S. The van der Waals surface area contributed by atoms with Crippen molar-refractivity contribution >= 4 is 27.3 Å². The van der Waals surface area contributed by atoms with Gasteiger partial charge in [-0.2, -0.15) is 4.31 Å². The summed E-state index contributed by atoms with van der Waals surface area (Å²) in [6, 6.07) is 10.1. The maximum absolute atomic E-state index is 12.8. The number of hydrogen-bond donors (Lipinski definition) is 0. The molecule has 1 saturated heterocycles. The summed E-state index contributed by atoms with van der Waals surface area (Å²) >= 11 is 5.89. The van der Waals surface area contributed by atoms with Crippen molar-refractivity contribution in [1.82, 2.24) is 9.21 Å². The van der Waals surface area contributed by atoms with E-state index in [1.54, 1.807) is 18.2 Å². The quantitative estimate of drug-likeness (QED) is 0.554. The fourth-order valence-corrected chi connectivity index (χ4v) is 4.34. The maximum Gasteiger partial charge on any atom is 0.312 e. The molecule has 0 unspecified atom stereocenters. The number of halogens is 1. The van der Waals surface area contributed by atoms with E-state index in [4.69, 9.17) is 16.3 Å². The highest BCUT2D eigenvalue weighted by atomic mass is 35.5. The number of ether oxygens (including phenoxy) is 1. The summed E-state index contributed by atoms with van der Waals surface area (Å²) in [5.74, 6) is 0.264. The second-order valence-corrected chi connectivity index (χ2v) is 8.53. The van der Waals surface area contributed by atoms with Gasteiger partial charge in [0.25, 0.3) is 0 Å². The number of rotatable bonds is 5. The highest BCUT2D eigenvalue weighted by Crippen LogP contribution is 2.34. The van der Waals surface area contributed by atoms with Gasteiger partial charge in [-0.3, -0.25) is 10.1 Å². The molecule has 0 aliphatic carbocycles. The Balaban J connectivity index is 1.92. The van der Waals surface area contributed by atoms with Gasteiger partial charge in [-0.05, 0) is 37.4 Å². The summed E-state index contributed by atoms with van der Waals surface area (Å²) in [5, 5.41) is 11.9. The monoisotopic (exact) mass is 411 g/mol. The predicted octanol–water partition coefficient (Wildman–Crippen LogP) is 2.98. The fraction of sp³-hybridized carbons (Fsp3) is 0.294. The number of likely N-dealkylation sites (N-methyl/N-ethyl adjacent to an activating group) is 1. The highest BCUT2D eigenvalue weighted by Gasteiger charge is 2.30. The molecule has 1 heterocycles. The molecule has 10 heteroatoms. The van der Waals surface area contributed by atoms with Crippen LogP contribution in [0.4, 0.5) is 5.69 Å². The van der Waals surface area contributed by atoms with Crippen LogP contribution in [-0.4, -0.2) is 55.8 Å². The second kappa shape index (κ2) is 7.81. The fourth-order valence-electron chi connectivity index (χ4n) is 2.72. The van der Waals surface area contributed by atoms with Crippen LogP contribution in [0.3, 0.4) is 0 Å². The zero-order valence-electron chi connectivity index (χ0n) is 14.5. The Bertz CT molecular complexity index is 959. The van der Waals surface area contributed by atoms with Gasteiger partial charge in [0, 0.05) is 37.3 Å². The van der Waals surface area contributed by atoms with E-state index >= 15 is 0 Å². The maximum atomic E-state index is 12.8. The Morgan fingerprint density at radius 3 is 2.44 bits per heavy atom. The first-order valence-electron chi connectivity index (χ1n) is 8.18. The number of nitro groups is 1. The molecule has 0 amide bonds. The van der Waals surface area contributed by atoms with Crippen molar-refractivity contribution in [2.45, 2.75) is 4.90 Å². The van der Waals surface area contributed by atoms with Gasteiger partial charge >= 0.3 is 5.69 Å². The topological polar surface area (TPSA) is 93.0 Å². The van der Waals surface area contributed by atoms with Gasteiger partial charge in [0.15, 0.2) is 0 Å². The molecule has 2 aromatic carbocycles. The molecular weight excluding hydrogens is 394 g/mol. The van der Waals surface area contributed by atoms with Crippen LogP contribution in [0.1, 0.15) is 0 Å². The van der Waals surface area contributed by atoms with Crippen molar-refractivity contribution in [2.24, 2.45) is 0 Å². The van der Waals surface area contributed by atoms with Gasteiger partial charge in [-0.1, -0.05) is 17.7 Å². The average molecular weight is 412 g/mol. The van der Waals surface area contributed by atoms with Crippen molar-refractivity contribution < 1.29 is 18.1 Å². The minimum Gasteiger partial charge on any atom is -0.450 e. The molecule has 2 aromatic rings. The molecule has 1 aliphatic rings. The van der Waals surface area contributed by atoms with Crippen LogP contribution in [0.25, 0.3) is 0 Å². The Morgan fingerprint density at radius 2 is 1.81 bits per heavy atom. The lowest BCUT2D eigenvalue weighted by Gasteiger charge is -2.31. The van der Waals surface area contributed by atoms with Gasteiger partial charge in [-0.25, -0.2) is 8.42 Å². The molecule has 1 aliphatic heterocycles. The summed E-state index contributed by atoms with van der Waals surface area (Å²) in [6.07, 6.45) is 0. The van der Waals surface area contributed by atoms with Gasteiger partial charge < -0.3 is 9.64 Å². The summed E-state index contributed by atoms with van der Waals surface area (Å²) in [6.45, 7) is 1.90. The lowest BCUT2D eigenvalue weighted by Crippen LogP contribution is -2.47. The molecule has 0 atom stereocenters. The molecule has 0 aromatic heterocycles. The van der Waals surface area contributed by atoms with E-state index in [0.717, 1.165) is 6.07 Å². The van der Waals surface area contributed by atoms with Crippen LogP contribution in [0.2, 0.25) is 5.02 Å². The van der Waals surface area contributed by atoms with Crippen LogP contribution in [0.15, 0.2) is 47.4 Å². The number of hydrogen-bond acceptors (Lipinski definition) is 6. The van der Waals surface area contributed by atoms with E-state index in [9.17, 15) is 18.5 Å².